The molecule has 10 heteroatoms. The molecule has 0 unspecified atom stereocenters. The highest BCUT2D eigenvalue weighted by Gasteiger charge is 2.13. The molecular weight excluding hydrogens is 384 g/mol. The minimum Gasteiger partial charge on any atom is -0.486 e. The van der Waals surface area contributed by atoms with E-state index in [-0.39, 0.29) is 11.7 Å². The highest BCUT2D eigenvalue weighted by atomic mass is 32.2. The normalized spacial score (nSPS) is 11.0. The lowest BCUT2D eigenvalue weighted by molar-refractivity contribution is -0.113. The van der Waals surface area contributed by atoms with Crippen LogP contribution in [-0.4, -0.2) is 36.6 Å². The predicted octanol–water partition coefficient (Wildman–Crippen LogP) is 3.10. The third-order valence-corrected chi connectivity index (χ3v) is 5.41. The number of nitrogens with zero attached hydrogens (tertiary/aromatic N) is 5. The molecule has 0 saturated carbocycles. The molecule has 0 fully saturated rings. The van der Waals surface area contributed by atoms with Crippen LogP contribution in [0.1, 0.15) is 31.2 Å². The van der Waals surface area contributed by atoms with Crippen LogP contribution < -0.4 is 10.1 Å². The molecule has 1 amide bonds. The average Bonchev–Trinajstić information content (AvgIpc) is 3.28. The number of hydrogen-bond donors (Lipinski definition) is 1. The van der Waals surface area contributed by atoms with Crippen LogP contribution in [0.5, 0.6) is 5.75 Å². The second-order valence-electron chi connectivity index (χ2n) is 6.05. The molecule has 8 nitrogen and oxygen atoms in total. The number of ether oxygens (including phenoxy) is 1. The van der Waals surface area contributed by atoms with Crippen molar-refractivity contribution in [3.05, 3.63) is 41.2 Å². The molecule has 0 aliphatic carbocycles. The van der Waals surface area contributed by atoms with E-state index in [4.69, 9.17) is 4.74 Å². The van der Waals surface area contributed by atoms with Crippen molar-refractivity contribution >= 4 is 34.1 Å². The lowest BCUT2D eigenvalue weighted by Crippen LogP contribution is -2.14. The van der Waals surface area contributed by atoms with Crippen LogP contribution in [0.25, 0.3) is 0 Å². The highest BCUT2D eigenvalue weighted by molar-refractivity contribution is 7.99. The van der Waals surface area contributed by atoms with E-state index in [1.165, 1.54) is 28.7 Å². The molecule has 0 aliphatic rings. The monoisotopic (exact) mass is 404 g/mol. The first kappa shape index (κ1) is 19.3. The Morgan fingerprint density at radius 1 is 1.26 bits per heavy atom. The summed E-state index contributed by atoms with van der Waals surface area (Å²) in [6.45, 7) is 4.62. The third-order valence-electron chi connectivity index (χ3n) is 3.78. The van der Waals surface area contributed by atoms with E-state index in [9.17, 15) is 4.79 Å². The second kappa shape index (κ2) is 8.96. The standard InChI is InChI=1S/C17H20N6O2S2/c1-11(2)12-4-6-13(7-5-12)25-8-14-20-22-17(23(14)3)26-9-15(24)19-16-21-18-10-27-16/h4-7,10-11H,8-9H2,1-3H3,(H,19,21,24). The first-order valence-corrected chi connectivity index (χ1v) is 10.2. The van der Waals surface area contributed by atoms with E-state index in [0.717, 1.165) is 5.75 Å². The molecule has 2 aromatic heterocycles. The Morgan fingerprint density at radius 3 is 2.70 bits per heavy atom. The molecule has 0 bridgehead atoms. The van der Waals surface area contributed by atoms with Crippen LogP contribution in [0.2, 0.25) is 0 Å². The molecule has 1 N–H and O–H groups in total. The fourth-order valence-corrected chi connectivity index (χ4v) is 3.40. The first-order chi connectivity index (χ1) is 13.0. The van der Waals surface area contributed by atoms with Gasteiger partial charge < -0.3 is 9.30 Å². The fourth-order valence-electron chi connectivity index (χ4n) is 2.21. The third kappa shape index (κ3) is 5.27. The van der Waals surface area contributed by atoms with Gasteiger partial charge in [-0.25, -0.2) is 0 Å². The van der Waals surface area contributed by atoms with Crippen molar-refractivity contribution in [1.29, 1.82) is 0 Å². The number of rotatable bonds is 8. The Kier molecular flexibility index (Phi) is 6.40. The van der Waals surface area contributed by atoms with Gasteiger partial charge in [0.05, 0.1) is 5.75 Å². The van der Waals surface area contributed by atoms with Gasteiger partial charge in [-0.2, -0.15) is 0 Å². The summed E-state index contributed by atoms with van der Waals surface area (Å²) in [5.74, 6) is 2.01. The highest BCUT2D eigenvalue weighted by Crippen LogP contribution is 2.20. The largest absolute Gasteiger partial charge is 0.486 e. The van der Waals surface area contributed by atoms with Crippen LogP contribution in [0.15, 0.2) is 34.9 Å². The van der Waals surface area contributed by atoms with Crippen molar-refractivity contribution in [1.82, 2.24) is 25.0 Å². The first-order valence-electron chi connectivity index (χ1n) is 8.32. The molecule has 27 heavy (non-hydrogen) atoms. The summed E-state index contributed by atoms with van der Waals surface area (Å²) in [4.78, 5) is 11.9. The van der Waals surface area contributed by atoms with Gasteiger partial charge in [-0.1, -0.05) is 49.1 Å². The van der Waals surface area contributed by atoms with Gasteiger partial charge in [-0.3, -0.25) is 10.1 Å². The van der Waals surface area contributed by atoms with Crippen LogP contribution in [-0.2, 0) is 18.4 Å². The number of nitrogens with one attached hydrogen (secondary N) is 1. The number of aromatic nitrogens is 5. The number of carbonyl (C=O) groups excluding carboxylic acids is 1. The maximum absolute atomic E-state index is 11.9. The molecule has 3 aromatic rings. The number of carbonyl (C=O) groups is 1. The number of hydrogen-bond acceptors (Lipinski definition) is 8. The lowest BCUT2D eigenvalue weighted by atomic mass is 10.0. The molecule has 0 radical (unpaired) electrons. The van der Waals surface area contributed by atoms with Gasteiger partial charge in [-0.05, 0) is 23.6 Å². The molecule has 0 atom stereocenters. The molecule has 0 aliphatic heterocycles. The summed E-state index contributed by atoms with van der Waals surface area (Å²) >= 11 is 2.58. The molecule has 3 rings (SSSR count). The maximum Gasteiger partial charge on any atom is 0.236 e. The van der Waals surface area contributed by atoms with Gasteiger partial charge in [0.1, 0.15) is 17.9 Å². The quantitative estimate of drug-likeness (QED) is 0.576. The zero-order valence-electron chi connectivity index (χ0n) is 15.2. The zero-order chi connectivity index (χ0) is 19.2. The number of benzene rings is 1. The summed E-state index contributed by atoms with van der Waals surface area (Å²) in [5, 5.41) is 19.5. The average molecular weight is 405 g/mol. The van der Waals surface area contributed by atoms with E-state index in [1.54, 1.807) is 5.51 Å². The summed E-state index contributed by atoms with van der Waals surface area (Å²) < 4.78 is 7.62. The Hall–Kier alpha value is -2.46. The molecule has 2 heterocycles. The van der Waals surface area contributed by atoms with Crippen molar-refractivity contribution < 1.29 is 9.53 Å². The Morgan fingerprint density at radius 2 is 2.04 bits per heavy atom. The van der Waals surface area contributed by atoms with Crippen molar-refractivity contribution in [2.75, 3.05) is 11.1 Å². The van der Waals surface area contributed by atoms with Crippen LogP contribution in [0.4, 0.5) is 5.13 Å². The molecule has 142 valence electrons. The lowest BCUT2D eigenvalue weighted by Gasteiger charge is -2.09. The fraction of sp³-hybridized carbons (Fsp3) is 0.353. The van der Waals surface area contributed by atoms with E-state index in [2.05, 4.69) is 51.7 Å². The molecular formula is C17H20N6O2S2. The van der Waals surface area contributed by atoms with Gasteiger partial charge >= 0.3 is 0 Å². The number of thioether (sulfide) groups is 1. The molecule has 1 aromatic carbocycles. The Labute approximate surface area is 165 Å². The molecule has 0 saturated heterocycles. The van der Waals surface area contributed by atoms with Crippen LogP contribution in [0, 0.1) is 0 Å². The van der Waals surface area contributed by atoms with Gasteiger partial charge in [0.15, 0.2) is 11.0 Å². The van der Waals surface area contributed by atoms with Crippen LogP contribution in [0.3, 0.4) is 0 Å². The summed E-state index contributed by atoms with van der Waals surface area (Å²) in [6.07, 6.45) is 0. The van der Waals surface area contributed by atoms with Crippen molar-refractivity contribution in [3.63, 3.8) is 0 Å². The van der Waals surface area contributed by atoms with Gasteiger partial charge in [0.25, 0.3) is 0 Å². The number of anilines is 1. The van der Waals surface area contributed by atoms with E-state index in [1.807, 2.05) is 23.7 Å². The van der Waals surface area contributed by atoms with Gasteiger partial charge in [-0.15, -0.1) is 20.4 Å². The van der Waals surface area contributed by atoms with Crippen LogP contribution >= 0.6 is 23.1 Å². The van der Waals surface area contributed by atoms with E-state index in [0.29, 0.717) is 28.6 Å². The Bertz CT molecular complexity index is 877. The van der Waals surface area contributed by atoms with Crippen molar-refractivity contribution in [2.45, 2.75) is 31.5 Å². The summed E-state index contributed by atoms with van der Waals surface area (Å²) in [6, 6.07) is 8.04. The van der Waals surface area contributed by atoms with Crippen molar-refractivity contribution in [3.8, 4) is 5.75 Å². The second-order valence-corrected chi connectivity index (χ2v) is 7.83. The van der Waals surface area contributed by atoms with E-state index >= 15 is 0 Å². The van der Waals surface area contributed by atoms with E-state index < -0.39 is 0 Å². The minimum atomic E-state index is -0.164. The van der Waals surface area contributed by atoms with Crippen molar-refractivity contribution in [2.24, 2.45) is 7.05 Å². The maximum atomic E-state index is 11.9. The van der Waals surface area contributed by atoms with Gasteiger partial charge in [0.2, 0.25) is 11.0 Å². The van der Waals surface area contributed by atoms with Gasteiger partial charge in [0, 0.05) is 7.05 Å². The Balaban J connectivity index is 1.51. The predicted molar refractivity (Wildman–Crippen MR) is 105 cm³/mol. The summed E-state index contributed by atoms with van der Waals surface area (Å²) in [5.41, 5.74) is 2.83. The SMILES string of the molecule is CC(C)c1ccc(OCc2nnc(SCC(=O)Nc3nncs3)n2C)cc1. The molecule has 0 spiro atoms. The zero-order valence-corrected chi connectivity index (χ0v) is 16.9. The smallest absolute Gasteiger partial charge is 0.236 e. The topological polar surface area (TPSA) is 94.8 Å². The minimum absolute atomic E-state index is 0.164. The summed E-state index contributed by atoms with van der Waals surface area (Å²) in [7, 11) is 1.85. The number of amides is 1.